The Labute approximate surface area is 81.3 Å². The van der Waals surface area contributed by atoms with Gasteiger partial charge in [0.1, 0.15) is 0 Å². The molecule has 1 amide bonds. The highest BCUT2D eigenvalue weighted by molar-refractivity contribution is 5.81. The second kappa shape index (κ2) is 4.61. The second-order valence-corrected chi connectivity index (χ2v) is 4.61. The molecule has 0 radical (unpaired) electrons. The van der Waals surface area contributed by atoms with Crippen molar-refractivity contribution >= 4 is 5.91 Å². The topological polar surface area (TPSA) is 41.1 Å². The van der Waals surface area contributed by atoms with Crippen LogP contribution in [0.3, 0.4) is 0 Å². The van der Waals surface area contributed by atoms with Gasteiger partial charge in [-0.05, 0) is 26.3 Å². The summed E-state index contributed by atoms with van der Waals surface area (Å²) in [5.41, 5.74) is 0.114. The normalized spacial score (nSPS) is 16.5. The maximum absolute atomic E-state index is 11.5. The van der Waals surface area contributed by atoms with Crippen molar-refractivity contribution in [1.82, 2.24) is 10.6 Å². The Hall–Kier alpha value is -0.570. The summed E-state index contributed by atoms with van der Waals surface area (Å²) in [6.07, 6.45) is 0. The highest BCUT2D eigenvalue weighted by Crippen LogP contribution is 2.18. The van der Waals surface area contributed by atoms with Crippen LogP contribution in [0.1, 0.15) is 34.6 Å². The molecule has 78 valence electrons. The molecular weight excluding hydrogens is 164 g/mol. The van der Waals surface area contributed by atoms with Gasteiger partial charge in [-0.2, -0.15) is 0 Å². The lowest BCUT2D eigenvalue weighted by molar-refractivity contribution is -0.123. The van der Waals surface area contributed by atoms with Gasteiger partial charge in [-0.1, -0.05) is 20.8 Å². The first-order chi connectivity index (χ1) is 5.79. The summed E-state index contributed by atoms with van der Waals surface area (Å²) in [6.45, 7) is 10.2. The smallest absolute Gasteiger partial charge is 0.237 e. The van der Waals surface area contributed by atoms with Gasteiger partial charge in [0.25, 0.3) is 0 Å². The van der Waals surface area contributed by atoms with Crippen LogP contribution in [0.4, 0.5) is 0 Å². The quantitative estimate of drug-likeness (QED) is 0.694. The molecule has 0 saturated carbocycles. The molecule has 2 atom stereocenters. The summed E-state index contributed by atoms with van der Waals surface area (Å²) < 4.78 is 0. The summed E-state index contributed by atoms with van der Waals surface area (Å²) in [4.78, 5) is 11.5. The zero-order valence-electron chi connectivity index (χ0n) is 9.56. The first-order valence-corrected chi connectivity index (χ1v) is 4.76. The Morgan fingerprint density at radius 1 is 1.23 bits per heavy atom. The number of likely N-dealkylation sites (N-methyl/N-ethyl adjacent to an activating group) is 1. The van der Waals surface area contributed by atoms with E-state index in [1.165, 1.54) is 0 Å². The molecule has 0 aromatic rings. The van der Waals surface area contributed by atoms with Crippen molar-refractivity contribution in [2.75, 3.05) is 7.05 Å². The molecule has 0 fully saturated rings. The van der Waals surface area contributed by atoms with Gasteiger partial charge < -0.3 is 10.6 Å². The van der Waals surface area contributed by atoms with Gasteiger partial charge in [0.05, 0.1) is 6.04 Å². The molecule has 0 rings (SSSR count). The average molecular weight is 186 g/mol. The van der Waals surface area contributed by atoms with Crippen molar-refractivity contribution in [3.8, 4) is 0 Å². The second-order valence-electron chi connectivity index (χ2n) is 4.61. The fourth-order valence-electron chi connectivity index (χ4n) is 0.686. The van der Waals surface area contributed by atoms with E-state index in [1.807, 2.05) is 13.8 Å². The van der Waals surface area contributed by atoms with E-state index in [4.69, 9.17) is 0 Å². The van der Waals surface area contributed by atoms with E-state index >= 15 is 0 Å². The molecule has 2 N–H and O–H groups in total. The molecule has 1 unspecified atom stereocenters. The van der Waals surface area contributed by atoms with E-state index in [0.717, 1.165) is 0 Å². The van der Waals surface area contributed by atoms with Crippen molar-refractivity contribution in [3.63, 3.8) is 0 Å². The van der Waals surface area contributed by atoms with Crippen LogP contribution in [-0.4, -0.2) is 25.0 Å². The van der Waals surface area contributed by atoms with E-state index in [0.29, 0.717) is 0 Å². The minimum Gasteiger partial charge on any atom is -0.352 e. The van der Waals surface area contributed by atoms with Crippen LogP contribution in [0, 0.1) is 5.41 Å². The van der Waals surface area contributed by atoms with Gasteiger partial charge in [-0.3, -0.25) is 4.79 Å². The van der Waals surface area contributed by atoms with E-state index in [2.05, 4.69) is 31.4 Å². The minimum absolute atomic E-state index is 0.0601. The molecular formula is C10H22N2O. The largest absolute Gasteiger partial charge is 0.352 e. The lowest BCUT2D eigenvalue weighted by Crippen LogP contribution is -2.48. The summed E-state index contributed by atoms with van der Waals surface area (Å²) in [5.74, 6) is 0.0601. The zero-order chi connectivity index (χ0) is 10.6. The Balaban J connectivity index is 4.07. The van der Waals surface area contributed by atoms with Crippen molar-refractivity contribution in [3.05, 3.63) is 0 Å². The van der Waals surface area contributed by atoms with E-state index in [1.54, 1.807) is 7.05 Å². The van der Waals surface area contributed by atoms with Crippen LogP contribution < -0.4 is 10.6 Å². The van der Waals surface area contributed by atoms with E-state index < -0.39 is 0 Å². The first-order valence-electron chi connectivity index (χ1n) is 4.76. The molecule has 0 aliphatic rings. The van der Waals surface area contributed by atoms with Crippen LogP contribution in [0.15, 0.2) is 0 Å². The van der Waals surface area contributed by atoms with Crippen LogP contribution in [0.5, 0.6) is 0 Å². The molecule has 0 aromatic carbocycles. The van der Waals surface area contributed by atoms with Gasteiger partial charge >= 0.3 is 0 Å². The van der Waals surface area contributed by atoms with Gasteiger partial charge in [-0.15, -0.1) is 0 Å². The Bertz CT molecular complexity index is 172. The lowest BCUT2D eigenvalue weighted by atomic mass is 9.88. The lowest BCUT2D eigenvalue weighted by Gasteiger charge is -2.29. The number of hydrogen-bond acceptors (Lipinski definition) is 2. The fraction of sp³-hybridized carbons (Fsp3) is 0.900. The average Bonchev–Trinajstić information content (AvgIpc) is 2.01. The summed E-state index contributed by atoms with van der Waals surface area (Å²) in [6, 6.07) is 0.0700. The molecule has 0 aliphatic carbocycles. The van der Waals surface area contributed by atoms with Crippen LogP contribution in [0.2, 0.25) is 0 Å². The maximum atomic E-state index is 11.5. The highest BCUT2D eigenvalue weighted by Gasteiger charge is 2.23. The van der Waals surface area contributed by atoms with Gasteiger partial charge in [-0.25, -0.2) is 0 Å². The minimum atomic E-state index is -0.121. The Kier molecular flexibility index (Phi) is 4.40. The molecule has 3 nitrogen and oxygen atoms in total. The standard InChI is InChI=1S/C10H22N2O/c1-7(11-6)9(13)12-8(2)10(3,4)5/h7-8,11H,1-6H3,(H,12,13)/t7-,8?/m0/s1. The maximum Gasteiger partial charge on any atom is 0.237 e. The molecule has 0 saturated heterocycles. The summed E-state index contributed by atoms with van der Waals surface area (Å²) in [7, 11) is 1.78. The number of carbonyl (C=O) groups is 1. The Morgan fingerprint density at radius 3 is 2.00 bits per heavy atom. The van der Waals surface area contributed by atoms with Crippen molar-refractivity contribution in [1.29, 1.82) is 0 Å². The number of carbonyl (C=O) groups excluding carboxylic acids is 1. The van der Waals surface area contributed by atoms with Crippen molar-refractivity contribution in [2.45, 2.75) is 46.7 Å². The molecule has 0 aliphatic heterocycles. The molecule has 0 bridgehead atoms. The van der Waals surface area contributed by atoms with Gasteiger partial charge in [0.15, 0.2) is 0 Å². The summed E-state index contributed by atoms with van der Waals surface area (Å²) in [5, 5.41) is 5.88. The third-order valence-electron chi connectivity index (χ3n) is 2.48. The first kappa shape index (κ1) is 12.4. The van der Waals surface area contributed by atoms with Gasteiger partial charge in [0, 0.05) is 6.04 Å². The van der Waals surface area contributed by atoms with E-state index in [-0.39, 0.29) is 23.4 Å². The Morgan fingerprint density at radius 2 is 1.69 bits per heavy atom. The van der Waals surface area contributed by atoms with Crippen molar-refractivity contribution < 1.29 is 4.79 Å². The predicted molar refractivity (Wildman–Crippen MR) is 55.6 cm³/mol. The van der Waals surface area contributed by atoms with Gasteiger partial charge in [0.2, 0.25) is 5.91 Å². The predicted octanol–water partition coefficient (Wildman–Crippen LogP) is 1.15. The number of amides is 1. The highest BCUT2D eigenvalue weighted by atomic mass is 16.2. The van der Waals surface area contributed by atoms with E-state index in [9.17, 15) is 4.79 Å². The summed E-state index contributed by atoms with van der Waals surface area (Å²) >= 11 is 0. The number of nitrogens with one attached hydrogen (secondary N) is 2. The zero-order valence-corrected chi connectivity index (χ0v) is 9.56. The third kappa shape index (κ3) is 4.27. The van der Waals surface area contributed by atoms with Crippen molar-refractivity contribution in [2.24, 2.45) is 5.41 Å². The third-order valence-corrected chi connectivity index (χ3v) is 2.48. The molecule has 13 heavy (non-hydrogen) atoms. The monoisotopic (exact) mass is 186 g/mol. The van der Waals surface area contributed by atoms with Crippen LogP contribution in [-0.2, 0) is 4.79 Å². The van der Waals surface area contributed by atoms with Crippen LogP contribution >= 0.6 is 0 Å². The fourth-order valence-corrected chi connectivity index (χ4v) is 0.686. The van der Waals surface area contributed by atoms with Crippen LogP contribution in [0.25, 0.3) is 0 Å². The number of rotatable bonds is 3. The SMILES string of the molecule is CN[C@@H](C)C(=O)NC(C)C(C)(C)C. The molecule has 3 heteroatoms. The molecule has 0 spiro atoms. The molecule has 0 heterocycles. The molecule has 0 aromatic heterocycles. The number of hydrogen-bond donors (Lipinski definition) is 2.